The normalized spacial score (nSPS) is 14.4. The van der Waals surface area contributed by atoms with Gasteiger partial charge in [0.05, 0.1) is 4.88 Å². The first-order valence-corrected chi connectivity index (χ1v) is 10.6. The Labute approximate surface area is 178 Å². The van der Waals surface area contributed by atoms with Gasteiger partial charge in [-0.05, 0) is 66.1 Å². The van der Waals surface area contributed by atoms with Crippen LogP contribution in [-0.2, 0) is 11.2 Å². The lowest BCUT2D eigenvalue weighted by Gasteiger charge is -2.18. The highest BCUT2D eigenvalue weighted by Gasteiger charge is 2.22. The number of fused-ring (bicyclic) bond motifs is 2. The topological polar surface area (TPSA) is 67.9 Å². The maximum Gasteiger partial charge on any atom is 0.265 e. The van der Waals surface area contributed by atoms with E-state index in [0.717, 1.165) is 45.3 Å². The van der Waals surface area contributed by atoms with Gasteiger partial charge in [-0.2, -0.15) is 0 Å². The molecule has 0 bridgehead atoms. The monoisotopic (exact) mass is 420 g/mol. The molecule has 30 heavy (non-hydrogen) atoms. The molecule has 2 aliphatic heterocycles. The number of nitrogens with zero attached hydrogens (tertiary/aromatic N) is 1. The molecule has 2 aromatic carbocycles. The fourth-order valence-electron chi connectivity index (χ4n) is 3.81. The molecule has 0 spiro atoms. The fourth-order valence-corrected chi connectivity index (χ4v) is 4.71. The Bertz CT molecular complexity index is 1150. The molecule has 0 radical (unpaired) electrons. The second kappa shape index (κ2) is 7.50. The molecule has 3 aromatic rings. The summed E-state index contributed by atoms with van der Waals surface area (Å²) < 4.78 is 11.2. The summed E-state index contributed by atoms with van der Waals surface area (Å²) in [5, 5.41) is 2.97. The zero-order valence-electron chi connectivity index (χ0n) is 16.4. The summed E-state index contributed by atoms with van der Waals surface area (Å²) in [4.78, 5) is 27.8. The molecule has 0 fully saturated rings. The van der Waals surface area contributed by atoms with Crippen molar-refractivity contribution in [3.8, 4) is 21.9 Å². The number of amides is 2. The first-order chi connectivity index (χ1) is 14.6. The van der Waals surface area contributed by atoms with Crippen LogP contribution < -0.4 is 19.7 Å². The van der Waals surface area contributed by atoms with E-state index in [4.69, 9.17) is 9.47 Å². The molecular formula is C23H20N2O4S. The maximum atomic E-state index is 12.8. The van der Waals surface area contributed by atoms with Crippen LogP contribution in [-0.4, -0.2) is 31.6 Å². The molecule has 0 saturated carbocycles. The van der Waals surface area contributed by atoms with E-state index in [2.05, 4.69) is 5.32 Å². The molecule has 0 atom stereocenters. The summed E-state index contributed by atoms with van der Waals surface area (Å²) in [5.74, 6) is 1.37. The van der Waals surface area contributed by atoms with Gasteiger partial charge in [0.1, 0.15) is 13.2 Å². The van der Waals surface area contributed by atoms with E-state index in [9.17, 15) is 9.59 Å². The van der Waals surface area contributed by atoms with Gasteiger partial charge in [-0.15, -0.1) is 11.3 Å². The Morgan fingerprint density at radius 3 is 2.67 bits per heavy atom. The summed E-state index contributed by atoms with van der Waals surface area (Å²) >= 11 is 1.43. The second-order valence-electron chi connectivity index (χ2n) is 7.24. The zero-order chi connectivity index (χ0) is 20.7. The molecule has 6 nitrogen and oxygen atoms in total. The molecule has 3 heterocycles. The molecule has 5 rings (SSSR count). The highest BCUT2D eigenvalue weighted by atomic mass is 32.1. The molecular weight excluding hydrogens is 400 g/mol. The fraction of sp³-hybridized carbons (Fsp3) is 0.217. The summed E-state index contributed by atoms with van der Waals surface area (Å²) in [7, 11) is 0. The van der Waals surface area contributed by atoms with Crippen LogP contribution >= 0.6 is 11.3 Å². The first-order valence-electron chi connectivity index (χ1n) is 9.81. The molecule has 7 heteroatoms. The van der Waals surface area contributed by atoms with E-state index < -0.39 is 0 Å². The number of nitrogens with one attached hydrogen (secondary N) is 1. The van der Waals surface area contributed by atoms with Crippen molar-refractivity contribution in [2.45, 2.75) is 13.3 Å². The first kappa shape index (κ1) is 18.7. The lowest BCUT2D eigenvalue weighted by molar-refractivity contribution is -0.116. The van der Waals surface area contributed by atoms with Gasteiger partial charge >= 0.3 is 0 Å². The number of benzene rings is 2. The second-order valence-corrected chi connectivity index (χ2v) is 8.32. The van der Waals surface area contributed by atoms with Crippen LogP contribution in [0.15, 0.2) is 48.5 Å². The highest BCUT2D eigenvalue weighted by Crippen LogP contribution is 2.37. The van der Waals surface area contributed by atoms with Gasteiger partial charge in [-0.25, -0.2) is 0 Å². The van der Waals surface area contributed by atoms with E-state index in [1.165, 1.54) is 11.3 Å². The quantitative estimate of drug-likeness (QED) is 0.684. The lowest BCUT2D eigenvalue weighted by atomic mass is 10.1. The number of carbonyl (C=O) groups excluding carboxylic acids is 2. The molecule has 0 unspecified atom stereocenters. The van der Waals surface area contributed by atoms with Gasteiger partial charge in [0, 0.05) is 29.7 Å². The predicted octanol–water partition coefficient (Wildman–Crippen LogP) is 4.35. The van der Waals surface area contributed by atoms with E-state index in [0.29, 0.717) is 24.6 Å². The van der Waals surface area contributed by atoms with Crippen molar-refractivity contribution in [2.75, 3.05) is 30.0 Å². The van der Waals surface area contributed by atoms with Gasteiger partial charge in [-0.3, -0.25) is 9.59 Å². The van der Waals surface area contributed by atoms with E-state index in [1.54, 1.807) is 11.8 Å². The number of anilines is 2. The van der Waals surface area contributed by atoms with Crippen molar-refractivity contribution in [1.82, 2.24) is 0 Å². The van der Waals surface area contributed by atoms with Crippen LogP contribution in [0.2, 0.25) is 0 Å². The Balaban J connectivity index is 1.32. The van der Waals surface area contributed by atoms with Crippen molar-refractivity contribution >= 4 is 34.5 Å². The van der Waals surface area contributed by atoms with E-state index in [-0.39, 0.29) is 11.8 Å². The number of hydrogen-bond acceptors (Lipinski definition) is 5. The Hall–Kier alpha value is -3.32. The highest BCUT2D eigenvalue weighted by molar-refractivity contribution is 7.17. The lowest BCUT2D eigenvalue weighted by Crippen LogP contribution is -2.25. The smallest absolute Gasteiger partial charge is 0.265 e. The van der Waals surface area contributed by atoms with Crippen molar-refractivity contribution < 1.29 is 19.1 Å². The van der Waals surface area contributed by atoms with Crippen LogP contribution in [0.1, 0.15) is 22.2 Å². The van der Waals surface area contributed by atoms with Gasteiger partial charge in [-0.1, -0.05) is 0 Å². The summed E-state index contributed by atoms with van der Waals surface area (Å²) in [5.41, 5.74) is 3.73. The summed E-state index contributed by atoms with van der Waals surface area (Å²) in [6, 6.07) is 15.3. The standard InChI is InChI=1S/C23H20N2O4S/c1-14(26)25-9-8-15-12-17(3-4-18(15)25)24-23(27)22-7-6-21(30-22)16-2-5-19-20(13-16)29-11-10-28-19/h2-7,12-13H,8-11H2,1H3,(H,24,27). The van der Waals surface area contributed by atoms with Crippen molar-refractivity contribution in [2.24, 2.45) is 0 Å². The Kier molecular flexibility index (Phi) is 4.67. The minimum atomic E-state index is -0.148. The third-order valence-electron chi connectivity index (χ3n) is 5.27. The molecule has 1 aromatic heterocycles. The van der Waals surface area contributed by atoms with Gasteiger partial charge in [0.25, 0.3) is 5.91 Å². The van der Waals surface area contributed by atoms with Crippen LogP contribution in [0.25, 0.3) is 10.4 Å². The van der Waals surface area contributed by atoms with Gasteiger partial charge in [0.15, 0.2) is 11.5 Å². The number of rotatable bonds is 3. The van der Waals surface area contributed by atoms with E-state index >= 15 is 0 Å². The minimum absolute atomic E-state index is 0.0378. The van der Waals surface area contributed by atoms with Crippen LogP contribution in [0.5, 0.6) is 11.5 Å². The number of carbonyl (C=O) groups is 2. The third kappa shape index (κ3) is 3.41. The molecule has 2 aliphatic rings. The largest absolute Gasteiger partial charge is 0.486 e. The molecule has 1 N–H and O–H groups in total. The van der Waals surface area contributed by atoms with Crippen LogP contribution in [0, 0.1) is 0 Å². The van der Waals surface area contributed by atoms with Crippen LogP contribution in [0.4, 0.5) is 11.4 Å². The van der Waals surface area contributed by atoms with E-state index in [1.807, 2.05) is 48.5 Å². The zero-order valence-corrected chi connectivity index (χ0v) is 17.3. The van der Waals surface area contributed by atoms with Crippen LogP contribution in [0.3, 0.4) is 0 Å². The maximum absolute atomic E-state index is 12.8. The van der Waals surface area contributed by atoms with Gasteiger partial charge in [0.2, 0.25) is 5.91 Å². The molecule has 152 valence electrons. The summed E-state index contributed by atoms with van der Waals surface area (Å²) in [6.45, 7) is 3.36. The molecule has 0 saturated heterocycles. The Morgan fingerprint density at radius 1 is 1.00 bits per heavy atom. The summed E-state index contributed by atoms with van der Waals surface area (Å²) in [6.07, 6.45) is 0.798. The van der Waals surface area contributed by atoms with Gasteiger partial charge < -0.3 is 19.7 Å². The molecule has 2 amide bonds. The van der Waals surface area contributed by atoms with Crippen molar-refractivity contribution in [1.29, 1.82) is 0 Å². The van der Waals surface area contributed by atoms with Crippen molar-refractivity contribution in [3.63, 3.8) is 0 Å². The SMILES string of the molecule is CC(=O)N1CCc2cc(NC(=O)c3ccc(-c4ccc5c(c4)OCCO5)s3)ccc21. The Morgan fingerprint density at radius 2 is 1.83 bits per heavy atom. The number of thiophene rings is 1. The minimum Gasteiger partial charge on any atom is -0.486 e. The number of hydrogen-bond donors (Lipinski definition) is 1. The predicted molar refractivity (Wildman–Crippen MR) is 117 cm³/mol. The van der Waals surface area contributed by atoms with Crippen molar-refractivity contribution in [3.05, 3.63) is 59.0 Å². The molecule has 0 aliphatic carbocycles. The average molecular weight is 420 g/mol. The average Bonchev–Trinajstić information content (AvgIpc) is 3.40. The number of ether oxygens (including phenoxy) is 2. The third-order valence-corrected chi connectivity index (χ3v) is 6.40.